The molecule has 0 aliphatic carbocycles. The number of nitrogens with one attached hydrogen (secondary N) is 2. The van der Waals surface area contributed by atoms with Gasteiger partial charge in [0, 0.05) is 18.7 Å². The lowest BCUT2D eigenvalue weighted by molar-refractivity contribution is -0.143. The van der Waals surface area contributed by atoms with Crippen LogP contribution in [0.4, 0.5) is 0 Å². The summed E-state index contributed by atoms with van der Waals surface area (Å²) in [6.45, 7) is 1.70. The summed E-state index contributed by atoms with van der Waals surface area (Å²) >= 11 is 4.11. The maximum absolute atomic E-state index is 12.8. The van der Waals surface area contributed by atoms with E-state index in [9.17, 15) is 29.4 Å². The van der Waals surface area contributed by atoms with Crippen molar-refractivity contribution in [2.45, 2.75) is 56.5 Å². The molecule has 0 radical (unpaired) electrons. The normalized spacial score (nSPS) is 19.5. The summed E-state index contributed by atoms with van der Waals surface area (Å²) in [5, 5.41) is 24.1. The molecule has 1 saturated heterocycles. The van der Waals surface area contributed by atoms with Gasteiger partial charge in [-0.25, -0.2) is 4.79 Å². The van der Waals surface area contributed by atoms with Gasteiger partial charge >= 0.3 is 5.97 Å². The number of nitrogens with zero attached hydrogens (tertiary/aromatic N) is 1. The molecular formula is C21H30N4O6S. The first-order valence-corrected chi connectivity index (χ1v) is 11.0. The molecule has 0 bridgehead atoms. The third kappa shape index (κ3) is 6.68. The molecule has 0 aromatic heterocycles. The zero-order valence-electron chi connectivity index (χ0n) is 17.8. The third-order valence-electron chi connectivity index (χ3n) is 5.36. The Labute approximate surface area is 191 Å². The molecule has 176 valence electrons. The van der Waals surface area contributed by atoms with Gasteiger partial charge in [-0.05, 0) is 25.3 Å². The molecule has 0 spiro atoms. The van der Waals surface area contributed by atoms with Crippen LogP contribution in [0.1, 0.15) is 25.3 Å². The van der Waals surface area contributed by atoms with Gasteiger partial charge in [-0.3, -0.25) is 14.4 Å². The zero-order valence-corrected chi connectivity index (χ0v) is 18.7. The maximum Gasteiger partial charge on any atom is 0.326 e. The predicted molar refractivity (Wildman–Crippen MR) is 120 cm³/mol. The summed E-state index contributed by atoms with van der Waals surface area (Å²) in [6, 6.07) is 4.59. The van der Waals surface area contributed by atoms with Crippen molar-refractivity contribution in [2.24, 2.45) is 5.73 Å². The predicted octanol–water partition coefficient (Wildman–Crippen LogP) is -1.09. The molecule has 1 aliphatic heterocycles. The van der Waals surface area contributed by atoms with E-state index in [0.29, 0.717) is 19.4 Å². The number of benzene rings is 1. The summed E-state index contributed by atoms with van der Waals surface area (Å²) in [5.74, 6) is -3.06. The molecule has 1 heterocycles. The van der Waals surface area contributed by atoms with Gasteiger partial charge in [0.15, 0.2) is 0 Å². The van der Waals surface area contributed by atoms with E-state index in [0.717, 1.165) is 5.56 Å². The minimum atomic E-state index is -1.20. The van der Waals surface area contributed by atoms with E-state index >= 15 is 0 Å². The highest BCUT2D eigenvalue weighted by Crippen LogP contribution is 2.19. The van der Waals surface area contributed by atoms with Crippen molar-refractivity contribution in [3.05, 3.63) is 35.9 Å². The Balaban J connectivity index is 2.02. The fourth-order valence-corrected chi connectivity index (χ4v) is 3.74. The largest absolute Gasteiger partial charge is 0.480 e. The summed E-state index contributed by atoms with van der Waals surface area (Å²) in [7, 11) is 0. The number of aliphatic carboxylic acids is 1. The lowest BCUT2D eigenvalue weighted by Crippen LogP contribution is -2.58. The van der Waals surface area contributed by atoms with Crippen molar-refractivity contribution in [3.8, 4) is 0 Å². The summed E-state index contributed by atoms with van der Waals surface area (Å²) in [6.07, 6.45) is -0.0271. The van der Waals surface area contributed by atoms with E-state index in [1.807, 2.05) is 0 Å². The number of hydrogen-bond acceptors (Lipinski definition) is 7. The summed E-state index contributed by atoms with van der Waals surface area (Å²) in [5.41, 5.74) is 6.46. The molecule has 10 nitrogen and oxygen atoms in total. The average Bonchev–Trinajstić information content (AvgIpc) is 3.26. The van der Waals surface area contributed by atoms with Crippen LogP contribution >= 0.6 is 12.6 Å². The molecule has 11 heteroatoms. The first-order valence-electron chi connectivity index (χ1n) is 10.4. The van der Waals surface area contributed by atoms with E-state index in [1.54, 1.807) is 30.3 Å². The number of likely N-dealkylation sites (tertiary alicyclic amines) is 1. The molecular weight excluding hydrogens is 436 g/mol. The van der Waals surface area contributed by atoms with Crippen LogP contribution in [0, 0.1) is 0 Å². The minimum absolute atomic E-state index is 0.0664. The number of aliphatic hydroxyl groups excluding tert-OH is 1. The second-order valence-electron chi connectivity index (χ2n) is 7.79. The quantitative estimate of drug-likeness (QED) is 0.239. The molecule has 1 aliphatic rings. The van der Waals surface area contributed by atoms with Gasteiger partial charge in [0.2, 0.25) is 17.7 Å². The molecule has 3 amide bonds. The number of carbonyl (C=O) groups is 4. The van der Waals surface area contributed by atoms with Crippen molar-refractivity contribution in [2.75, 3.05) is 12.3 Å². The molecule has 0 saturated carbocycles. The Morgan fingerprint density at radius 3 is 2.41 bits per heavy atom. The summed E-state index contributed by atoms with van der Waals surface area (Å²) in [4.78, 5) is 50.9. The van der Waals surface area contributed by atoms with Crippen molar-refractivity contribution < 1.29 is 29.4 Å². The zero-order chi connectivity index (χ0) is 23.8. The lowest BCUT2D eigenvalue weighted by atomic mass is 10.1. The van der Waals surface area contributed by atoms with Crippen molar-refractivity contribution >= 4 is 36.3 Å². The molecule has 5 atom stereocenters. The van der Waals surface area contributed by atoms with Crippen LogP contribution in [0.15, 0.2) is 30.3 Å². The number of amides is 3. The van der Waals surface area contributed by atoms with Gasteiger partial charge in [-0.1, -0.05) is 30.3 Å². The van der Waals surface area contributed by atoms with Crippen LogP contribution in [0.3, 0.4) is 0 Å². The fourth-order valence-electron chi connectivity index (χ4n) is 3.49. The van der Waals surface area contributed by atoms with Gasteiger partial charge in [-0.15, -0.1) is 0 Å². The minimum Gasteiger partial charge on any atom is -0.480 e. The van der Waals surface area contributed by atoms with Crippen LogP contribution in [0.25, 0.3) is 0 Å². The molecule has 1 fully saturated rings. The van der Waals surface area contributed by atoms with Crippen LogP contribution in [0.2, 0.25) is 0 Å². The summed E-state index contributed by atoms with van der Waals surface area (Å²) < 4.78 is 0. The van der Waals surface area contributed by atoms with Gasteiger partial charge in [-0.2, -0.15) is 12.6 Å². The van der Waals surface area contributed by atoms with Crippen molar-refractivity contribution in [1.82, 2.24) is 15.5 Å². The molecule has 1 aromatic rings. The van der Waals surface area contributed by atoms with E-state index in [1.165, 1.54) is 11.8 Å². The van der Waals surface area contributed by atoms with Gasteiger partial charge in [0.25, 0.3) is 0 Å². The fraction of sp³-hybridized carbons (Fsp3) is 0.524. The van der Waals surface area contributed by atoms with E-state index in [2.05, 4.69) is 23.3 Å². The average molecular weight is 467 g/mol. The number of thiol groups is 1. The Morgan fingerprint density at radius 1 is 1.19 bits per heavy atom. The highest BCUT2D eigenvalue weighted by molar-refractivity contribution is 7.80. The first-order chi connectivity index (χ1) is 15.1. The highest BCUT2D eigenvalue weighted by atomic mass is 32.1. The van der Waals surface area contributed by atoms with Crippen molar-refractivity contribution in [3.63, 3.8) is 0 Å². The van der Waals surface area contributed by atoms with Gasteiger partial charge in [0.05, 0.1) is 6.10 Å². The number of aliphatic hydroxyl groups is 1. The Bertz CT molecular complexity index is 822. The second-order valence-corrected chi connectivity index (χ2v) is 8.15. The number of nitrogens with two attached hydrogens (primary N) is 1. The standard InChI is InChI=1S/C21H30N4O6S/c1-12(26)17(22)20(29)25-9-5-8-16(25)19(28)24-15(11-32)18(27)23-14(21(30)31)10-13-6-3-2-4-7-13/h2-4,6-7,12,14-17,26,32H,5,8-11,22H2,1H3,(H,23,27)(H,24,28)(H,30,31). The number of rotatable bonds is 10. The third-order valence-corrected chi connectivity index (χ3v) is 5.72. The second kappa shape index (κ2) is 11.8. The SMILES string of the molecule is CC(O)C(N)C(=O)N1CCCC1C(=O)NC(CS)C(=O)NC(Cc1ccccc1)C(=O)O. The van der Waals surface area contributed by atoms with E-state index in [4.69, 9.17) is 5.73 Å². The van der Waals surface area contributed by atoms with Crippen LogP contribution in [0.5, 0.6) is 0 Å². The van der Waals surface area contributed by atoms with Gasteiger partial charge in [0.1, 0.15) is 24.2 Å². The number of carboxylic acid groups (broad SMARTS) is 1. The Hall–Kier alpha value is -2.63. The first kappa shape index (κ1) is 25.6. The number of hydrogen-bond donors (Lipinski definition) is 6. The Kier molecular flexibility index (Phi) is 9.48. The van der Waals surface area contributed by atoms with Crippen LogP contribution in [-0.4, -0.2) is 81.4 Å². The van der Waals surface area contributed by atoms with Gasteiger partial charge < -0.3 is 31.5 Å². The number of carbonyl (C=O) groups excluding carboxylic acids is 3. The molecule has 5 unspecified atom stereocenters. The van der Waals surface area contributed by atoms with Crippen molar-refractivity contribution in [1.29, 1.82) is 0 Å². The monoisotopic (exact) mass is 466 g/mol. The van der Waals surface area contributed by atoms with Crippen LogP contribution < -0.4 is 16.4 Å². The lowest BCUT2D eigenvalue weighted by Gasteiger charge is -2.29. The smallest absolute Gasteiger partial charge is 0.326 e. The van der Waals surface area contributed by atoms with E-state index < -0.39 is 54.0 Å². The Morgan fingerprint density at radius 2 is 1.84 bits per heavy atom. The van der Waals surface area contributed by atoms with E-state index in [-0.39, 0.29) is 12.2 Å². The molecule has 2 rings (SSSR count). The highest BCUT2D eigenvalue weighted by Gasteiger charge is 2.38. The molecule has 1 aromatic carbocycles. The maximum atomic E-state index is 12.8. The molecule has 32 heavy (non-hydrogen) atoms. The molecule has 6 N–H and O–H groups in total. The number of carboxylic acids is 1. The topological polar surface area (TPSA) is 162 Å². The van der Waals surface area contributed by atoms with Crippen LogP contribution in [-0.2, 0) is 25.6 Å².